The Kier molecular flexibility index (Phi) is 42.8. The van der Waals surface area contributed by atoms with E-state index in [0.717, 1.165) is 0 Å². The van der Waals surface area contributed by atoms with Gasteiger partial charge in [-0.3, -0.25) is 0 Å². The van der Waals surface area contributed by atoms with Crippen molar-refractivity contribution >= 4 is 62.9 Å². The SMILES string of the molecule is O.O.O=P(O)(O)O.[AlH3].[Ca+2].[H-].[H-]. The smallest absolute Gasteiger partial charge is 1.00 e. The van der Waals surface area contributed by atoms with E-state index in [4.69, 9.17) is 19.2 Å². The molecule has 9 heavy (non-hydrogen) atoms. The van der Waals surface area contributed by atoms with Crippen LogP contribution in [0.2, 0.25) is 0 Å². The zero-order valence-electron chi connectivity index (χ0n) is 5.90. The van der Waals surface area contributed by atoms with Gasteiger partial charge in [0, 0.05) is 0 Å². The van der Waals surface area contributed by atoms with Crippen molar-refractivity contribution in [2.24, 2.45) is 0 Å². The third-order valence-electron chi connectivity index (χ3n) is 0. The number of rotatable bonds is 0. The van der Waals surface area contributed by atoms with Gasteiger partial charge >= 0.3 is 45.6 Å². The summed E-state index contributed by atoms with van der Waals surface area (Å²) in [6, 6.07) is 0. The van der Waals surface area contributed by atoms with E-state index in [-0.39, 0.29) is 68.9 Å². The molecule has 0 rings (SSSR count). The Morgan fingerprint density at radius 2 is 1.11 bits per heavy atom. The van der Waals surface area contributed by atoms with Gasteiger partial charge in [-0.2, -0.15) is 0 Å². The molecule has 0 bridgehead atoms. The third-order valence-corrected chi connectivity index (χ3v) is 0. The van der Waals surface area contributed by atoms with Crippen LogP contribution in [0.1, 0.15) is 2.85 Å². The minimum absolute atomic E-state index is 0. The minimum atomic E-state index is -4.64. The van der Waals surface area contributed by atoms with Gasteiger partial charge in [-0.15, -0.1) is 0 Å². The summed E-state index contributed by atoms with van der Waals surface area (Å²) in [5.74, 6) is 0. The summed E-state index contributed by atoms with van der Waals surface area (Å²) in [4.78, 5) is 21.6. The quantitative estimate of drug-likeness (QED) is 0.275. The summed E-state index contributed by atoms with van der Waals surface area (Å²) >= 11 is 0. The van der Waals surface area contributed by atoms with Gasteiger partial charge in [0.2, 0.25) is 0 Å². The van der Waals surface area contributed by atoms with Crippen molar-refractivity contribution < 1.29 is 33.1 Å². The van der Waals surface area contributed by atoms with E-state index in [0.29, 0.717) is 0 Å². The fourth-order valence-electron chi connectivity index (χ4n) is 0. The van der Waals surface area contributed by atoms with Crippen LogP contribution in [0.4, 0.5) is 0 Å². The van der Waals surface area contributed by atoms with Crippen molar-refractivity contribution in [1.82, 2.24) is 0 Å². The van der Waals surface area contributed by atoms with Crippen LogP contribution in [-0.4, -0.2) is 80.7 Å². The first-order chi connectivity index (χ1) is 2.00. The molecule has 0 saturated heterocycles. The molecular formula is H12AlCaO6P. The zero-order chi connectivity index (χ0) is 4.50. The number of phosphoric acid groups is 1. The molecule has 9 heteroatoms. The van der Waals surface area contributed by atoms with Crippen LogP contribution >= 0.6 is 7.82 Å². The molecule has 0 aromatic carbocycles. The molecule has 0 aliphatic carbocycles. The van der Waals surface area contributed by atoms with Crippen molar-refractivity contribution in [3.05, 3.63) is 0 Å². The second-order valence-electron chi connectivity index (χ2n) is 0.513. The van der Waals surface area contributed by atoms with Crippen LogP contribution in [0.3, 0.4) is 0 Å². The zero-order valence-corrected chi connectivity index (χ0v) is 7.01. The molecule has 58 valence electrons. The third kappa shape index (κ3) is 181. The van der Waals surface area contributed by atoms with Gasteiger partial charge in [0.15, 0.2) is 17.4 Å². The van der Waals surface area contributed by atoms with Crippen molar-refractivity contribution in [3.63, 3.8) is 0 Å². The van der Waals surface area contributed by atoms with Gasteiger partial charge < -0.3 is 28.5 Å². The Morgan fingerprint density at radius 1 is 1.11 bits per heavy atom. The number of hydrogen-bond donors (Lipinski definition) is 3. The van der Waals surface area contributed by atoms with Crippen molar-refractivity contribution in [2.45, 2.75) is 0 Å². The van der Waals surface area contributed by atoms with Crippen LogP contribution in [0.15, 0.2) is 0 Å². The minimum Gasteiger partial charge on any atom is -1.00 e. The Morgan fingerprint density at radius 3 is 1.11 bits per heavy atom. The van der Waals surface area contributed by atoms with E-state index in [1.54, 1.807) is 0 Å². The molecule has 0 spiro atoms. The van der Waals surface area contributed by atoms with Crippen molar-refractivity contribution in [1.29, 1.82) is 0 Å². The topological polar surface area (TPSA) is 141 Å². The fourth-order valence-corrected chi connectivity index (χ4v) is 0. The van der Waals surface area contributed by atoms with E-state index in [1.807, 2.05) is 0 Å². The predicted octanol–water partition coefficient (Wildman–Crippen LogP) is -3.92. The fraction of sp³-hybridized carbons (Fsp3) is 0. The maximum absolute atomic E-state index is 8.88. The molecule has 0 atom stereocenters. The van der Waals surface area contributed by atoms with Gasteiger partial charge in [0.1, 0.15) is 0 Å². The average molecular weight is 206 g/mol. The Bertz CT molecular complexity index is 66.7. The maximum Gasteiger partial charge on any atom is 2.00 e. The molecule has 0 aliphatic heterocycles. The van der Waals surface area contributed by atoms with Crippen LogP contribution in [0.25, 0.3) is 0 Å². The molecule has 0 radical (unpaired) electrons. The molecule has 0 fully saturated rings. The largest absolute Gasteiger partial charge is 2.00 e. The van der Waals surface area contributed by atoms with E-state index in [2.05, 4.69) is 0 Å². The molecular weight excluding hydrogens is 194 g/mol. The average Bonchev–Trinajstić information content (AvgIpc) is 0.722. The van der Waals surface area contributed by atoms with Crippen LogP contribution in [-0.2, 0) is 4.57 Å². The Balaban J connectivity index is -0.00000000533. The van der Waals surface area contributed by atoms with Crippen LogP contribution in [0.5, 0.6) is 0 Å². The molecule has 0 saturated carbocycles. The monoisotopic (exact) mass is 206 g/mol. The van der Waals surface area contributed by atoms with Gasteiger partial charge in [-0.1, -0.05) is 0 Å². The molecule has 0 heterocycles. The molecule has 6 nitrogen and oxygen atoms in total. The first kappa shape index (κ1) is 30.8. The Hall–Kier alpha value is 1.82. The summed E-state index contributed by atoms with van der Waals surface area (Å²) in [6.07, 6.45) is 0. The molecule has 0 aromatic rings. The van der Waals surface area contributed by atoms with E-state index in [1.165, 1.54) is 0 Å². The molecule has 0 amide bonds. The van der Waals surface area contributed by atoms with E-state index < -0.39 is 7.82 Å². The summed E-state index contributed by atoms with van der Waals surface area (Å²) in [5.41, 5.74) is 0. The summed E-state index contributed by atoms with van der Waals surface area (Å²) in [7, 11) is -4.64. The van der Waals surface area contributed by atoms with Crippen LogP contribution < -0.4 is 0 Å². The second-order valence-corrected chi connectivity index (χ2v) is 1.54. The summed E-state index contributed by atoms with van der Waals surface area (Å²) in [6.45, 7) is 0. The summed E-state index contributed by atoms with van der Waals surface area (Å²) < 4.78 is 8.88. The Labute approximate surface area is 95.2 Å². The molecule has 0 aliphatic rings. The van der Waals surface area contributed by atoms with Gasteiger partial charge in [-0.05, 0) is 0 Å². The molecule has 0 aromatic heterocycles. The normalized spacial score (nSPS) is 6.56. The van der Waals surface area contributed by atoms with Crippen molar-refractivity contribution in [3.8, 4) is 0 Å². The summed E-state index contributed by atoms with van der Waals surface area (Å²) in [5, 5.41) is 0. The maximum atomic E-state index is 8.88. The van der Waals surface area contributed by atoms with Gasteiger partial charge in [0.05, 0.1) is 0 Å². The van der Waals surface area contributed by atoms with Crippen LogP contribution in [0, 0.1) is 0 Å². The first-order valence-electron chi connectivity index (χ1n) is 0.783. The van der Waals surface area contributed by atoms with Gasteiger partial charge in [0.25, 0.3) is 0 Å². The number of hydrogen-bond acceptors (Lipinski definition) is 1. The second kappa shape index (κ2) is 12.5. The standard InChI is InChI=1S/Al.Ca.H3O4P.2H2O.5H/c;;1-5(2,3)4;;;;;;;/h;;(H3,1,2,3,4);2*1H2;;;;;/q;+2;;;;;;;2*-1. The molecule has 7 N–H and O–H groups in total. The van der Waals surface area contributed by atoms with Crippen molar-refractivity contribution in [2.75, 3.05) is 0 Å². The van der Waals surface area contributed by atoms with E-state index in [9.17, 15) is 0 Å². The molecule has 0 unspecified atom stereocenters. The van der Waals surface area contributed by atoms with Gasteiger partial charge in [-0.25, -0.2) is 4.57 Å². The first-order valence-corrected chi connectivity index (χ1v) is 2.35. The van der Waals surface area contributed by atoms with E-state index >= 15 is 0 Å². The predicted molar refractivity (Wildman–Crippen MR) is 39.4 cm³/mol.